The van der Waals surface area contributed by atoms with Crippen molar-refractivity contribution in [3.05, 3.63) is 71.7 Å². The van der Waals surface area contributed by atoms with Crippen LogP contribution >= 0.6 is 0 Å². The van der Waals surface area contributed by atoms with Crippen molar-refractivity contribution in [2.24, 2.45) is 0 Å². The lowest BCUT2D eigenvalue weighted by atomic mass is 10.2. The number of carbonyl (C=O) groups is 2. The Morgan fingerprint density at radius 1 is 1.08 bits per heavy atom. The van der Waals surface area contributed by atoms with Crippen molar-refractivity contribution in [3.8, 4) is 0 Å². The van der Waals surface area contributed by atoms with Gasteiger partial charge in [-0.1, -0.05) is 17.3 Å². The van der Waals surface area contributed by atoms with E-state index in [1.54, 1.807) is 55.7 Å². The summed E-state index contributed by atoms with van der Waals surface area (Å²) in [6, 6.07) is 11.7. The molecule has 8 nitrogen and oxygen atoms in total. The monoisotopic (exact) mass is 351 g/mol. The third-order valence-electron chi connectivity index (χ3n) is 3.45. The summed E-state index contributed by atoms with van der Waals surface area (Å²) in [5, 5.41) is 11.8. The maximum atomic E-state index is 12.2. The smallest absolute Gasteiger partial charge is 0.320 e. The van der Waals surface area contributed by atoms with E-state index in [-0.39, 0.29) is 5.91 Å². The number of carbonyl (C=O) groups excluding carboxylic acids is 2. The summed E-state index contributed by atoms with van der Waals surface area (Å²) in [6.07, 6.45) is 3.12. The van der Waals surface area contributed by atoms with E-state index in [4.69, 9.17) is 4.52 Å². The summed E-state index contributed by atoms with van der Waals surface area (Å²) in [5.41, 5.74) is 1.99. The number of urea groups is 1. The predicted octanol–water partition coefficient (Wildman–Crippen LogP) is 2.95. The van der Waals surface area contributed by atoms with Crippen LogP contribution in [0.5, 0.6) is 0 Å². The number of aryl methyl sites for hydroxylation is 1. The number of nitrogens with zero attached hydrogens (tertiary/aromatic N) is 2. The fourth-order valence-corrected chi connectivity index (χ4v) is 2.23. The first-order valence-corrected chi connectivity index (χ1v) is 7.88. The molecule has 3 amide bonds. The van der Waals surface area contributed by atoms with E-state index >= 15 is 0 Å². The fraction of sp³-hybridized carbons (Fsp3) is 0.111. The zero-order chi connectivity index (χ0) is 18.4. The highest BCUT2D eigenvalue weighted by Crippen LogP contribution is 2.12. The number of anilines is 2. The predicted molar refractivity (Wildman–Crippen MR) is 95.7 cm³/mol. The van der Waals surface area contributed by atoms with E-state index in [1.165, 1.54) is 0 Å². The maximum absolute atomic E-state index is 12.2. The van der Waals surface area contributed by atoms with Gasteiger partial charge in [0.2, 0.25) is 0 Å². The Kier molecular flexibility index (Phi) is 5.23. The van der Waals surface area contributed by atoms with Gasteiger partial charge in [0.25, 0.3) is 5.91 Å². The van der Waals surface area contributed by atoms with Crippen LogP contribution in [0.25, 0.3) is 0 Å². The second-order valence-corrected chi connectivity index (χ2v) is 5.52. The molecule has 0 bridgehead atoms. The van der Waals surface area contributed by atoms with Gasteiger partial charge in [-0.25, -0.2) is 4.79 Å². The van der Waals surface area contributed by atoms with Gasteiger partial charge in [0.15, 0.2) is 5.82 Å². The van der Waals surface area contributed by atoms with Gasteiger partial charge in [0.1, 0.15) is 5.76 Å². The van der Waals surface area contributed by atoms with Crippen molar-refractivity contribution in [3.63, 3.8) is 0 Å². The van der Waals surface area contributed by atoms with E-state index in [2.05, 4.69) is 26.1 Å². The molecule has 0 spiro atoms. The standard InChI is InChI=1S/C18H17N5O3/c1-12-9-16(23-26-12)22-18(25)20-11-13-3-2-4-15(10-13)21-17(24)14-5-7-19-8-6-14/h2-10H,11H2,1H3,(H,21,24)(H2,20,22,23,25). The Balaban J connectivity index is 1.55. The first-order chi connectivity index (χ1) is 12.6. The Labute approximate surface area is 149 Å². The van der Waals surface area contributed by atoms with Gasteiger partial charge >= 0.3 is 6.03 Å². The van der Waals surface area contributed by atoms with E-state index in [1.807, 2.05) is 6.07 Å². The van der Waals surface area contributed by atoms with Crippen LogP contribution in [0.15, 0.2) is 59.4 Å². The molecule has 0 aliphatic rings. The molecular weight excluding hydrogens is 334 g/mol. The average molecular weight is 351 g/mol. The van der Waals surface area contributed by atoms with Crippen LogP contribution in [0.4, 0.5) is 16.3 Å². The molecule has 1 aromatic carbocycles. The van der Waals surface area contributed by atoms with Crippen molar-refractivity contribution >= 4 is 23.4 Å². The molecule has 0 fully saturated rings. The Morgan fingerprint density at radius 3 is 2.62 bits per heavy atom. The van der Waals surface area contributed by atoms with Gasteiger partial charge in [-0.15, -0.1) is 0 Å². The Morgan fingerprint density at radius 2 is 1.88 bits per heavy atom. The highest BCUT2D eigenvalue weighted by Gasteiger charge is 2.08. The first-order valence-electron chi connectivity index (χ1n) is 7.88. The minimum atomic E-state index is -0.399. The minimum absolute atomic E-state index is 0.225. The van der Waals surface area contributed by atoms with Crippen LogP contribution in [0.1, 0.15) is 21.7 Å². The van der Waals surface area contributed by atoms with Crippen LogP contribution in [0, 0.1) is 6.92 Å². The summed E-state index contributed by atoms with van der Waals surface area (Å²) in [5.74, 6) is 0.730. The lowest BCUT2D eigenvalue weighted by Gasteiger charge is -2.09. The molecule has 3 rings (SSSR count). The zero-order valence-corrected chi connectivity index (χ0v) is 14.0. The lowest BCUT2D eigenvalue weighted by Crippen LogP contribution is -2.28. The van der Waals surface area contributed by atoms with Crippen LogP contribution in [0.3, 0.4) is 0 Å². The first kappa shape index (κ1) is 17.2. The summed E-state index contributed by atoms with van der Waals surface area (Å²) in [4.78, 5) is 27.9. The molecule has 0 atom stereocenters. The average Bonchev–Trinajstić information content (AvgIpc) is 3.06. The summed E-state index contributed by atoms with van der Waals surface area (Å²) >= 11 is 0. The summed E-state index contributed by atoms with van der Waals surface area (Å²) in [6.45, 7) is 2.03. The summed E-state index contributed by atoms with van der Waals surface area (Å²) < 4.78 is 4.88. The van der Waals surface area contributed by atoms with E-state index in [0.29, 0.717) is 29.4 Å². The van der Waals surface area contributed by atoms with Gasteiger partial charge in [0.05, 0.1) is 0 Å². The largest absolute Gasteiger partial charge is 0.360 e. The number of nitrogens with one attached hydrogen (secondary N) is 3. The van der Waals surface area contributed by atoms with E-state index in [0.717, 1.165) is 5.56 Å². The molecule has 0 aliphatic heterocycles. The maximum Gasteiger partial charge on any atom is 0.320 e. The van der Waals surface area contributed by atoms with Gasteiger partial charge in [-0.2, -0.15) is 0 Å². The number of rotatable bonds is 5. The molecule has 132 valence electrons. The lowest BCUT2D eigenvalue weighted by molar-refractivity contribution is 0.102. The van der Waals surface area contributed by atoms with Crippen LogP contribution in [-0.4, -0.2) is 22.1 Å². The normalized spacial score (nSPS) is 10.2. The highest BCUT2D eigenvalue weighted by atomic mass is 16.5. The van der Waals surface area contributed by atoms with Crippen molar-refractivity contribution < 1.29 is 14.1 Å². The van der Waals surface area contributed by atoms with Crippen LogP contribution in [-0.2, 0) is 6.54 Å². The Bertz CT molecular complexity index is 908. The van der Waals surface area contributed by atoms with Crippen molar-refractivity contribution in [1.29, 1.82) is 0 Å². The number of pyridine rings is 1. The molecular formula is C18H17N5O3. The molecule has 3 N–H and O–H groups in total. The third kappa shape index (κ3) is 4.67. The second kappa shape index (κ2) is 7.93. The molecule has 0 radical (unpaired) electrons. The van der Waals surface area contributed by atoms with Crippen LogP contribution < -0.4 is 16.0 Å². The molecule has 0 saturated carbocycles. The van der Waals surface area contributed by atoms with E-state index < -0.39 is 6.03 Å². The number of hydrogen-bond donors (Lipinski definition) is 3. The van der Waals surface area contributed by atoms with E-state index in [9.17, 15) is 9.59 Å². The molecule has 8 heteroatoms. The topological polar surface area (TPSA) is 109 Å². The molecule has 26 heavy (non-hydrogen) atoms. The number of aromatic nitrogens is 2. The fourth-order valence-electron chi connectivity index (χ4n) is 2.23. The van der Waals surface area contributed by atoms with Gasteiger partial charge < -0.3 is 15.2 Å². The molecule has 0 unspecified atom stereocenters. The SMILES string of the molecule is Cc1cc(NC(=O)NCc2cccc(NC(=O)c3ccncc3)c2)no1. The molecule has 0 aliphatic carbocycles. The number of hydrogen-bond acceptors (Lipinski definition) is 5. The quantitative estimate of drug-likeness (QED) is 0.655. The van der Waals surface area contributed by atoms with Crippen LogP contribution in [0.2, 0.25) is 0 Å². The molecule has 0 saturated heterocycles. The third-order valence-corrected chi connectivity index (χ3v) is 3.45. The van der Waals surface area contributed by atoms with Gasteiger partial charge in [0, 0.05) is 36.3 Å². The van der Waals surface area contributed by atoms with Gasteiger partial charge in [-0.05, 0) is 36.8 Å². The zero-order valence-electron chi connectivity index (χ0n) is 14.0. The molecule has 2 heterocycles. The van der Waals surface area contributed by atoms with Gasteiger partial charge in [-0.3, -0.25) is 15.1 Å². The van der Waals surface area contributed by atoms with Crippen molar-refractivity contribution in [2.75, 3.05) is 10.6 Å². The number of amides is 3. The van der Waals surface area contributed by atoms with Crippen molar-refractivity contribution in [2.45, 2.75) is 13.5 Å². The van der Waals surface area contributed by atoms with Crippen molar-refractivity contribution in [1.82, 2.24) is 15.5 Å². The second-order valence-electron chi connectivity index (χ2n) is 5.52. The molecule has 3 aromatic rings. The molecule has 2 aromatic heterocycles. The summed E-state index contributed by atoms with van der Waals surface area (Å²) in [7, 11) is 0. The number of benzene rings is 1. The minimum Gasteiger partial charge on any atom is -0.360 e. The Hall–Kier alpha value is -3.68. The highest BCUT2D eigenvalue weighted by molar-refractivity contribution is 6.04.